The van der Waals surface area contributed by atoms with Gasteiger partial charge in [0.05, 0.1) is 31.8 Å². The van der Waals surface area contributed by atoms with Crippen molar-refractivity contribution in [3.8, 4) is 0 Å². The maximum Gasteiger partial charge on any atom is 0.164 e. The molecule has 240 valence electrons. The molecule has 2 heterocycles. The van der Waals surface area contributed by atoms with Crippen molar-refractivity contribution in [1.29, 1.82) is 0 Å². The maximum absolute atomic E-state index is 6.30. The second-order valence-electron chi connectivity index (χ2n) is 13.4. The standard InChI is InChI=1S/C35H64O4S2/c1-5-7-9-11-13-15-17-19-21-29(3)31(23-40)33-36-25-35(26-37-33)27-38-34(39-28-35)32(24-41)30(4)22-20-18-16-14-12-10-8-6-2/h23-24,29-34H,5-22,25-28H2,1-4H3. The van der Waals surface area contributed by atoms with E-state index in [0.29, 0.717) is 38.3 Å². The fourth-order valence-corrected chi connectivity index (χ4v) is 7.14. The van der Waals surface area contributed by atoms with Crippen LogP contribution in [0, 0.1) is 29.1 Å². The Morgan fingerprint density at radius 2 is 0.829 bits per heavy atom. The second kappa shape index (κ2) is 22.5. The molecule has 2 rings (SSSR count). The number of hydrogen-bond acceptors (Lipinski definition) is 6. The van der Waals surface area contributed by atoms with Gasteiger partial charge in [0, 0.05) is 11.8 Å². The highest BCUT2D eigenvalue weighted by atomic mass is 32.1. The monoisotopic (exact) mass is 612 g/mol. The molecule has 0 radical (unpaired) electrons. The molecule has 1 spiro atoms. The van der Waals surface area contributed by atoms with Crippen molar-refractivity contribution in [2.24, 2.45) is 29.1 Å². The van der Waals surface area contributed by atoms with Crippen LogP contribution in [0.2, 0.25) is 0 Å². The molecule has 0 aromatic heterocycles. The van der Waals surface area contributed by atoms with Gasteiger partial charge in [-0.25, -0.2) is 0 Å². The van der Waals surface area contributed by atoms with Gasteiger partial charge in [0.15, 0.2) is 12.6 Å². The van der Waals surface area contributed by atoms with Crippen molar-refractivity contribution < 1.29 is 18.9 Å². The van der Waals surface area contributed by atoms with E-state index in [1.165, 1.54) is 116 Å². The van der Waals surface area contributed by atoms with E-state index in [1.807, 2.05) is 10.7 Å². The summed E-state index contributed by atoms with van der Waals surface area (Å²) < 4.78 is 25.2. The fourth-order valence-electron chi connectivity index (χ4n) is 6.34. The van der Waals surface area contributed by atoms with E-state index in [2.05, 4.69) is 27.7 Å². The number of rotatable bonds is 24. The molecule has 0 aromatic carbocycles. The topological polar surface area (TPSA) is 36.9 Å². The Morgan fingerprint density at radius 3 is 1.12 bits per heavy atom. The first-order valence-electron chi connectivity index (χ1n) is 17.4. The predicted molar refractivity (Wildman–Crippen MR) is 181 cm³/mol. The van der Waals surface area contributed by atoms with E-state index < -0.39 is 0 Å². The molecule has 4 nitrogen and oxygen atoms in total. The lowest BCUT2D eigenvalue weighted by Crippen LogP contribution is -2.55. The number of hydrogen-bond donors (Lipinski definition) is 0. The predicted octanol–water partition coefficient (Wildman–Crippen LogP) is 10.3. The average molecular weight is 613 g/mol. The van der Waals surface area contributed by atoms with Crippen LogP contribution in [0.1, 0.15) is 143 Å². The molecule has 2 fully saturated rings. The summed E-state index contributed by atoms with van der Waals surface area (Å²) in [6, 6.07) is 0. The molecule has 41 heavy (non-hydrogen) atoms. The van der Waals surface area contributed by atoms with Crippen LogP contribution in [0.3, 0.4) is 0 Å². The van der Waals surface area contributed by atoms with Gasteiger partial charge in [-0.05, 0) is 35.4 Å². The van der Waals surface area contributed by atoms with E-state index in [-0.39, 0.29) is 29.8 Å². The minimum absolute atomic E-state index is 0.140. The summed E-state index contributed by atoms with van der Waals surface area (Å²) in [5.41, 5.74) is -0.243. The Morgan fingerprint density at radius 1 is 0.537 bits per heavy atom. The number of unbranched alkanes of at least 4 members (excludes halogenated alkanes) is 14. The van der Waals surface area contributed by atoms with Gasteiger partial charge in [-0.2, -0.15) is 0 Å². The summed E-state index contributed by atoms with van der Waals surface area (Å²) >= 11 is 10.9. The quantitative estimate of drug-likeness (QED) is 0.0797. The summed E-state index contributed by atoms with van der Waals surface area (Å²) in [5, 5.41) is 3.75. The molecule has 6 heteroatoms. The molecule has 0 bridgehead atoms. The van der Waals surface area contributed by atoms with Crippen LogP contribution in [-0.4, -0.2) is 49.7 Å². The highest BCUT2D eigenvalue weighted by molar-refractivity contribution is 7.79. The first-order valence-corrected chi connectivity index (χ1v) is 18.3. The number of ether oxygens (including phenoxy) is 4. The zero-order valence-corrected chi connectivity index (χ0v) is 28.8. The van der Waals surface area contributed by atoms with Crippen LogP contribution in [-0.2, 0) is 18.9 Å². The first kappa shape index (κ1) is 37.2. The first-order chi connectivity index (χ1) is 20.0. The van der Waals surface area contributed by atoms with Crippen LogP contribution in [0.4, 0.5) is 0 Å². The van der Waals surface area contributed by atoms with Gasteiger partial charge in [0.1, 0.15) is 0 Å². The van der Waals surface area contributed by atoms with Crippen LogP contribution in [0.15, 0.2) is 0 Å². The normalized spacial score (nSPS) is 26.0. The molecule has 0 aromatic rings. The lowest BCUT2D eigenvalue weighted by Gasteiger charge is -2.46. The van der Waals surface area contributed by atoms with E-state index in [0.717, 1.165) is 0 Å². The average Bonchev–Trinajstić information content (AvgIpc) is 2.98. The van der Waals surface area contributed by atoms with Crippen molar-refractivity contribution in [2.45, 2.75) is 156 Å². The fraction of sp³-hybridized carbons (Fsp3) is 0.943. The Labute approximate surface area is 264 Å². The molecule has 4 atom stereocenters. The van der Waals surface area contributed by atoms with E-state index in [9.17, 15) is 0 Å². The second-order valence-corrected chi connectivity index (χ2v) is 13.9. The van der Waals surface area contributed by atoms with Gasteiger partial charge >= 0.3 is 0 Å². The third kappa shape index (κ3) is 14.1. The molecular formula is C35H64O4S2. The molecule has 0 aliphatic carbocycles. The molecule has 2 aliphatic rings. The molecular weight excluding hydrogens is 549 g/mol. The maximum atomic E-state index is 6.30. The zero-order chi connectivity index (χ0) is 29.8. The molecule has 2 saturated heterocycles. The third-order valence-corrected chi connectivity index (χ3v) is 10.1. The molecule has 2 aliphatic heterocycles. The third-order valence-electron chi connectivity index (χ3n) is 9.50. The highest BCUT2D eigenvalue weighted by Crippen LogP contribution is 2.36. The van der Waals surface area contributed by atoms with E-state index in [1.54, 1.807) is 0 Å². The van der Waals surface area contributed by atoms with Crippen molar-refractivity contribution in [2.75, 3.05) is 26.4 Å². The Balaban J connectivity index is 1.66. The molecule has 0 N–H and O–H groups in total. The van der Waals surface area contributed by atoms with Gasteiger partial charge in [-0.3, -0.25) is 0 Å². The summed E-state index contributed by atoms with van der Waals surface area (Å²) in [4.78, 5) is 0. The summed E-state index contributed by atoms with van der Waals surface area (Å²) in [6.07, 6.45) is 23.3. The lowest BCUT2D eigenvalue weighted by atomic mass is 9.86. The molecule has 0 saturated carbocycles. The smallest absolute Gasteiger partial charge is 0.164 e. The van der Waals surface area contributed by atoms with Crippen LogP contribution in [0.25, 0.3) is 0 Å². The number of thiocarbonyl (C=S) groups is 2. The van der Waals surface area contributed by atoms with Gasteiger partial charge < -0.3 is 18.9 Å². The summed E-state index contributed by atoms with van der Waals surface area (Å²) in [6.45, 7) is 11.5. The van der Waals surface area contributed by atoms with Gasteiger partial charge in [0.2, 0.25) is 0 Å². The zero-order valence-electron chi connectivity index (χ0n) is 27.1. The van der Waals surface area contributed by atoms with Crippen molar-refractivity contribution in [3.05, 3.63) is 0 Å². The van der Waals surface area contributed by atoms with Crippen molar-refractivity contribution in [1.82, 2.24) is 0 Å². The summed E-state index contributed by atoms with van der Waals surface area (Å²) in [7, 11) is 0. The van der Waals surface area contributed by atoms with Crippen LogP contribution in [0.5, 0.6) is 0 Å². The van der Waals surface area contributed by atoms with Crippen molar-refractivity contribution in [3.63, 3.8) is 0 Å². The minimum Gasteiger partial charge on any atom is -0.351 e. The molecule has 0 amide bonds. The van der Waals surface area contributed by atoms with E-state index >= 15 is 0 Å². The van der Waals surface area contributed by atoms with Gasteiger partial charge in [0.25, 0.3) is 0 Å². The lowest BCUT2D eigenvalue weighted by molar-refractivity contribution is -0.315. The van der Waals surface area contributed by atoms with E-state index in [4.69, 9.17) is 43.4 Å². The molecule has 4 unspecified atom stereocenters. The van der Waals surface area contributed by atoms with Crippen LogP contribution >= 0.6 is 24.4 Å². The largest absolute Gasteiger partial charge is 0.351 e. The minimum atomic E-state index is -0.264. The van der Waals surface area contributed by atoms with Gasteiger partial charge in [-0.15, -0.1) is 0 Å². The SMILES string of the molecule is CCCCCCCCCCC(C)C(C=S)C1OCC2(CO1)COC(C(C=S)C(C)CCCCCCCCCC)OC2. The Kier molecular flexibility index (Phi) is 20.4. The Bertz CT molecular complexity index is 599. The highest BCUT2D eigenvalue weighted by Gasteiger charge is 2.45. The Hall–Kier alpha value is 0.0200. The van der Waals surface area contributed by atoms with Crippen molar-refractivity contribution >= 4 is 35.2 Å². The van der Waals surface area contributed by atoms with Crippen LogP contribution < -0.4 is 0 Å². The van der Waals surface area contributed by atoms with Gasteiger partial charge in [-0.1, -0.05) is 155 Å². The summed E-state index contributed by atoms with van der Waals surface area (Å²) in [5.74, 6) is 1.20.